The van der Waals surface area contributed by atoms with E-state index in [1.165, 1.54) is 18.2 Å². The summed E-state index contributed by atoms with van der Waals surface area (Å²) in [6.45, 7) is 0. The molecular weight excluding hydrogens is 488 g/mol. The van der Waals surface area contributed by atoms with Crippen molar-refractivity contribution in [3.8, 4) is 0 Å². The maximum absolute atomic E-state index is 13.2. The van der Waals surface area contributed by atoms with E-state index in [0.29, 0.717) is 16.5 Å². The maximum Gasteiger partial charge on any atom is 0.255 e. The number of aliphatic hydroxyl groups is 1. The molecule has 3 rings (SSSR count). The summed E-state index contributed by atoms with van der Waals surface area (Å²) in [5.74, 6) is -0.790. The molecule has 0 aliphatic heterocycles. The highest BCUT2D eigenvalue weighted by molar-refractivity contribution is 14.1. The molecule has 2 N–H and O–H groups in total. The molecule has 0 heterocycles. The molecule has 2 aromatic carbocycles. The zero-order valence-electron chi connectivity index (χ0n) is 13.8. The number of halogens is 3. The fourth-order valence-electron chi connectivity index (χ4n) is 2.92. The quantitative estimate of drug-likeness (QED) is 0.522. The second kappa shape index (κ2) is 8.91. The number of aliphatic hydroxyl groups excluding tert-OH is 1. The molecule has 138 valence electrons. The Morgan fingerprint density at radius 1 is 1.27 bits per heavy atom. The normalized spacial score (nSPS) is 20.0. The number of rotatable bonds is 4. The average Bonchev–Trinajstić information content (AvgIpc) is 2.60. The van der Waals surface area contributed by atoms with Gasteiger partial charge in [-0.1, -0.05) is 11.6 Å². The molecule has 1 aliphatic carbocycles. The molecule has 7 heteroatoms. The molecule has 1 aliphatic rings. The van der Waals surface area contributed by atoms with Gasteiger partial charge in [0, 0.05) is 25.0 Å². The number of carbonyl (C=O) groups is 1. The van der Waals surface area contributed by atoms with E-state index in [1.807, 2.05) is 12.1 Å². The van der Waals surface area contributed by atoms with Crippen molar-refractivity contribution in [1.82, 2.24) is 0 Å². The highest BCUT2D eigenvalue weighted by Gasteiger charge is 2.22. The number of anilines is 1. The predicted octanol–water partition coefficient (Wildman–Crippen LogP) is 5.73. The Labute approximate surface area is 174 Å². The first-order chi connectivity index (χ1) is 12.4. The van der Waals surface area contributed by atoms with Crippen LogP contribution in [0.25, 0.3) is 0 Å². The number of hydrogen-bond donors (Lipinski definition) is 2. The van der Waals surface area contributed by atoms with Crippen LogP contribution >= 0.6 is 46.0 Å². The molecular formula is C19H18ClFINO2S. The molecule has 2 atom stereocenters. The molecule has 0 radical (unpaired) electrons. The molecule has 1 fully saturated rings. The number of amides is 1. The minimum atomic E-state index is -0.521. The molecule has 26 heavy (non-hydrogen) atoms. The van der Waals surface area contributed by atoms with Gasteiger partial charge in [-0.2, -0.15) is 0 Å². The van der Waals surface area contributed by atoms with Crippen molar-refractivity contribution in [1.29, 1.82) is 0 Å². The Kier molecular flexibility index (Phi) is 6.82. The van der Waals surface area contributed by atoms with Gasteiger partial charge in [-0.3, -0.25) is 4.79 Å². The third-order valence-electron chi connectivity index (χ3n) is 4.26. The lowest BCUT2D eigenvalue weighted by Gasteiger charge is -2.25. The van der Waals surface area contributed by atoms with Crippen molar-refractivity contribution in [2.24, 2.45) is 0 Å². The number of thioether (sulfide) groups is 1. The number of carbonyl (C=O) groups excluding carboxylic acids is 1. The van der Waals surface area contributed by atoms with Crippen molar-refractivity contribution in [2.45, 2.75) is 41.9 Å². The summed E-state index contributed by atoms with van der Waals surface area (Å²) in [6, 6.07) is 9.64. The van der Waals surface area contributed by atoms with Crippen LogP contribution < -0.4 is 5.32 Å². The van der Waals surface area contributed by atoms with Gasteiger partial charge in [-0.15, -0.1) is 11.8 Å². The summed E-state index contributed by atoms with van der Waals surface area (Å²) < 4.78 is 14.3. The van der Waals surface area contributed by atoms with Crippen LogP contribution in [0.4, 0.5) is 10.1 Å². The Bertz CT molecular complexity index is 820. The Hall–Kier alpha value is -0.830. The van der Waals surface area contributed by atoms with Crippen molar-refractivity contribution in [3.63, 3.8) is 0 Å². The maximum atomic E-state index is 13.2. The van der Waals surface area contributed by atoms with E-state index >= 15 is 0 Å². The predicted molar refractivity (Wildman–Crippen MR) is 113 cm³/mol. The van der Waals surface area contributed by atoms with E-state index in [0.717, 1.165) is 34.1 Å². The van der Waals surface area contributed by atoms with Crippen LogP contribution in [0.3, 0.4) is 0 Å². The summed E-state index contributed by atoms with van der Waals surface area (Å²) in [4.78, 5) is 13.6. The summed E-state index contributed by atoms with van der Waals surface area (Å²) in [5.41, 5.74) is 0.981. The second-order valence-corrected chi connectivity index (χ2v) is 9.20. The Balaban J connectivity index is 1.73. The molecule has 0 aromatic heterocycles. The zero-order chi connectivity index (χ0) is 18.7. The van der Waals surface area contributed by atoms with Crippen LogP contribution in [-0.2, 0) is 0 Å². The van der Waals surface area contributed by atoms with Gasteiger partial charge in [0.25, 0.3) is 5.91 Å². The number of nitrogens with one attached hydrogen (secondary N) is 1. The van der Waals surface area contributed by atoms with Crippen LogP contribution in [0.15, 0.2) is 41.3 Å². The molecule has 3 nitrogen and oxygen atoms in total. The van der Waals surface area contributed by atoms with Gasteiger partial charge in [-0.05, 0) is 84.7 Å². The van der Waals surface area contributed by atoms with Crippen LogP contribution in [0.2, 0.25) is 5.02 Å². The highest BCUT2D eigenvalue weighted by atomic mass is 127. The molecule has 1 amide bonds. The van der Waals surface area contributed by atoms with Gasteiger partial charge in [0.1, 0.15) is 5.82 Å². The molecule has 2 aromatic rings. The smallest absolute Gasteiger partial charge is 0.255 e. The minimum absolute atomic E-state index is 0.0301. The minimum Gasteiger partial charge on any atom is -0.393 e. The van der Waals surface area contributed by atoms with Gasteiger partial charge in [0.2, 0.25) is 0 Å². The van der Waals surface area contributed by atoms with E-state index < -0.39 is 5.82 Å². The molecule has 0 bridgehead atoms. The number of hydrogen-bond acceptors (Lipinski definition) is 3. The first-order valence-corrected chi connectivity index (χ1v) is 10.7. The third-order valence-corrected chi connectivity index (χ3v) is 7.21. The van der Waals surface area contributed by atoms with Gasteiger partial charge in [-0.25, -0.2) is 4.39 Å². The van der Waals surface area contributed by atoms with Gasteiger partial charge >= 0.3 is 0 Å². The fourth-order valence-corrected chi connectivity index (χ4v) is 5.15. The van der Waals surface area contributed by atoms with Crippen LogP contribution in [0, 0.1) is 9.39 Å². The summed E-state index contributed by atoms with van der Waals surface area (Å²) in [5, 5.41) is 12.9. The molecule has 1 saturated carbocycles. The molecule has 0 unspecified atom stereocenters. The summed E-state index contributed by atoms with van der Waals surface area (Å²) >= 11 is 9.74. The second-order valence-electron chi connectivity index (χ2n) is 6.29. The van der Waals surface area contributed by atoms with Crippen LogP contribution in [0.1, 0.15) is 36.0 Å². The topological polar surface area (TPSA) is 49.3 Å². The van der Waals surface area contributed by atoms with Crippen molar-refractivity contribution >= 4 is 57.5 Å². The molecule has 0 saturated heterocycles. The van der Waals surface area contributed by atoms with E-state index in [9.17, 15) is 14.3 Å². The average molecular weight is 506 g/mol. The first-order valence-electron chi connectivity index (χ1n) is 8.33. The van der Waals surface area contributed by atoms with E-state index in [4.69, 9.17) is 11.6 Å². The lowest BCUT2D eigenvalue weighted by Crippen LogP contribution is -2.21. The summed E-state index contributed by atoms with van der Waals surface area (Å²) in [7, 11) is 0. The van der Waals surface area contributed by atoms with Crippen LogP contribution in [0.5, 0.6) is 0 Å². The zero-order valence-corrected chi connectivity index (χ0v) is 17.6. The standard InChI is InChI=1S/C19H18ClFINO2S/c20-15-9-12(5-6-16(15)21)23-19(25)11-4-7-17(22)18(8-11)26-14-3-1-2-13(24)10-14/h4-9,13-14,24H,1-3,10H2,(H,23,25)/t13-,14-/m1/s1. The largest absolute Gasteiger partial charge is 0.393 e. The van der Waals surface area contributed by atoms with E-state index in [1.54, 1.807) is 17.8 Å². The van der Waals surface area contributed by atoms with Crippen molar-refractivity contribution < 1.29 is 14.3 Å². The van der Waals surface area contributed by atoms with Gasteiger partial charge in [0.15, 0.2) is 0 Å². The number of benzene rings is 2. The van der Waals surface area contributed by atoms with Gasteiger partial charge in [0.05, 0.1) is 11.1 Å². The molecule has 0 spiro atoms. The van der Waals surface area contributed by atoms with Crippen molar-refractivity contribution in [2.75, 3.05) is 5.32 Å². The lowest BCUT2D eigenvalue weighted by molar-refractivity contribution is 0.102. The van der Waals surface area contributed by atoms with E-state index in [2.05, 4.69) is 27.9 Å². The fraction of sp³-hybridized carbons (Fsp3) is 0.316. The van der Waals surface area contributed by atoms with E-state index in [-0.39, 0.29) is 17.0 Å². The SMILES string of the molecule is O=C(Nc1ccc(F)c(Cl)c1)c1ccc(I)c(S[C@@H]2CCC[C@@H](O)C2)c1. The van der Waals surface area contributed by atoms with Crippen molar-refractivity contribution in [3.05, 3.63) is 56.4 Å². The Morgan fingerprint density at radius 2 is 2.08 bits per heavy atom. The third kappa shape index (κ3) is 5.12. The Morgan fingerprint density at radius 3 is 2.81 bits per heavy atom. The monoisotopic (exact) mass is 505 g/mol. The lowest BCUT2D eigenvalue weighted by atomic mass is 9.97. The van der Waals surface area contributed by atoms with Gasteiger partial charge < -0.3 is 10.4 Å². The highest BCUT2D eigenvalue weighted by Crippen LogP contribution is 2.36. The summed E-state index contributed by atoms with van der Waals surface area (Å²) in [6.07, 6.45) is 3.53. The first kappa shape index (κ1) is 19.9. The van der Waals surface area contributed by atoms with Crippen LogP contribution in [-0.4, -0.2) is 22.4 Å².